The quantitative estimate of drug-likeness (QED) is 0.293. The first-order valence-electron chi connectivity index (χ1n) is 10.2. The summed E-state index contributed by atoms with van der Waals surface area (Å²) in [6, 6.07) is 11.5. The van der Waals surface area contributed by atoms with E-state index >= 15 is 0 Å². The zero-order chi connectivity index (χ0) is 23.5. The molecule has 0 fully saturated rings. The summed E-state index contributed by atoms with van der Waals surface area (Å²) >= 11 is 0. The van der Waals surface area contributed by atoms with Crippen LogP contribution in [0.15, 0.2) is 48.5 Å². The number of phenols is 1. The topological polar surface area (TPSA) is 145 Å². The third kappa shape index (κ3) is 7.92. The molecule has 0 aliphatic rings. The number of benzene rings is 2. The van der Waals surface area contributed by atoms with Crippen LogP contribution in [0.2, 0.25) is 0 Å². The molecule has 0 saturated heterocycles. The van der Waals surface area contributed by atoms with Gasteiger partial charge in [-0.3, -0.25) is 9.59 Å². The fourth-order valence-corrected chi connectivity index (χ4v) is 3.19. The maximum atomic E-state index is 12.6. The monoisotopic (exact) mass is 444 g/mol. The van der Waals surface area contributed by atoms with Gasteiger partial charge in [0.25, 0.3) is 0 Å². The lowest BCUT2D eigenvalue weighted by Gasteiger charge is -2.20. The second kappa shape index (κ2) is 12.3. The molecule has 2 rings (SSSR count). The van der Waals surface area contributed by atoms with Gasteiger partial charge in [-0.2, -0.15) is 0 Å². The van der Waals surface area contributed by atoms with Gasteiger partial charge in [0.2, 0.25) is 5.91 Å². The van der Waals surface area contributed by atoms with Gasteiger partial charge in [-0.15, -0.1) is 0 Å². The van der Waals surface area contributed by atoms with E-state index in [2.05, 4.69) is 10.6 Å². The van der Waals surface area contributed by atoms with Gasteiger partial charge < -0.3 is 30.7 Å². The van der Waals surface area contributed by atoms with E-state index < -0.39 is 36.4 Å². The number of carboxylic acids is 2. The predicted molar refractivity (Wildman–Crippen MR) is 117 cm³/mol. The molecular formula is C23H28N2O7. The lowest BCUT2D eigenvalue weighted by atomic mass is 10.0. The van der Waals surface area contributed by atoms with E-state index in [9.17, 15) is 24.6 Å². The van der Waals surface area contributed by atoms with E-state index in [0.717, 1.165) is 5.56 Å². The van der Waals surface area contributed by atoms with Crippen molar-refractivity contribution in [1.29, 1.82) is 0 Å². The Morgan fingerprint density at radius 3 is 2.34 bits per heavy atom. The normalized spacial score (nSPS) is 12.5. The molecule has 0 spiro atoms. The van der Waals surface area contributed by atoms with Gasteiger partial charge in [0.15, 0.2) is 0 Å². The summed E-state index contributed by atoms with van der Waals surface area (Å²) in [6.07, 6.45) is 0.613. The predicted octanol–water partition coefficient (Wildman–Crippen LogP) is 1.58. The molecule has 9 nitrogen and oxygen atoms in total. The van der Waals surface area contributed by atoms with Crippen LogP contribution < -0.4 is 15.4 Å². The van der Waals surface area contributed by atoms with E-state index in [1.807, 2.05) is 0 Å². The van der Waals surface area contributed by atoms with Gasteiger partial charge in [0.05, 0.1) is 19.6 Å². The van der Waals surface area contributed by atoms with Crippen molar-refractivity contribution in [3.8, 4) is 11.5 Å². The lowest BCUT2D eigenvalue weighted by Crippen LogP contribution is -2.51. The summed E-state index contributed by atoms with van der Waals surface area (Å²) in [4.78, 5) is 35.4. The maximum absolute atomic E-state index is 12.6. The zero-order valence-corrected chi connectivity index (χ0v) is 17.8. The van der Waals surface area contributed by atoms with Crippen molar-refractivity contribution in [2.75, 3.05) is 13.7 Å². The number of hydrogen-bond acceptors (Lipinski definition) is 6. The molecule has 0 aliphatic carbocycles. The van der Waals surface area contributed by atoms with Gasteiger partial charge >= 0.3 is 11.9 Å². The number of carbonyl (C=O) groups excluding carboxylic acids is 1. The highest BCUT2D eigenvalue weighted by Gasteiger charge is 2.27. The van der Waals surface area contributed by atoms with Crippen molar-refractivity contribution >= 4 is 17.8 Å². The Morgan fingerprint density at radius 2 is 1.75 bits per heavy atom. The fraction of sp³-hybridized carbons (Fsp3) is 0.348. The maximum Gasteiger partial charge on any atom is 0.326 e. The van der Waals surface area contributed by atoms with Crippen LogP contribution in [0.3, 0.4) is 0 Å². The van der Waals surface area contributed by atoms with Crippen LogP contribution in [0.5, 0.6) is 11.5 Å². The minimum absolute atomic E-state index is 0.0818. The average Bonchev–Trinajstić information content (AvgIpc) is 2.76. The van der Waals surface area contributed by atoms with Crippen molar-refractivity contribution in [3.05, 3.63) is 59.7 Å². The van der Waals surface area contributed by atoms with Gasteiger partial charge in [0, 0.05) is 12.5 Å². The van der Waals surface area contributed by atoms with Crippen molar-refractivity contribution in [1.82, 2.24) is 10.6 Å². The highest BCUT2D eigenvalue weighted by Crippen LogP contribution is 2.24. The first-order valence-corrected chi connectivity index (χ1v) is 10.2. The van der Waals surface area contributed by atoms with E-state index in [1.165, 1.54) is 13.2 Å². The number of rotatable bonds is 13. The Kier molecular flexibility index (Phi) is 9.49. The summed E-state index contributed by atoms with van der Waals surface area (Å²) in [5.74, 6) is -2.45. The number of aliphatic carboxylic acids is 2. The molecule has 172 valence electrons. The van der Waals surface area contributed by atoms with E-state index in [0.29, 0.717) is 30.7 Å². The van der Waals surface area contributed by atoms with Gasteiger partial charge in [-0.05, 0) is 36.6 Å². The molecule has 0 heterocycles. The van der Waals surface area contributed by atoms with Crippen LogP contribution in [0.25, 0.3) is 0 Å². The summed E-state index contributed by atoms with van der Waals surface area (Å²) in [5.41, 5.74) is 1.43. The number of amides is 1. The Labute approximate surface area is 186 Å². The molecule has 2 aromatic carbocycles. The van der Waals surface area contributed by atoms with Crippen molar-refractivity contribution < 1.29 is 34.4 Å². The van der Waals surface area contributed by atoms with Crippen LogP contribution >= 0.6 is 0 Å². The molecular weight excluding hydrogens is 416 g/mol. The fourth-order valence-electron chi connectivity index (χ4n) is 3.19. The number of carbonyl (C=O) groups is 3. The molecule has 0 aliphatic heterocycles. The van der Waals surface area contributed by atoms with Crippen LogP contribution in [0.4, 0.5) is 0 Å². The molecule has 5 N–H and O–H groups in total. The van der Waals surface area contributed by atoms with Crippen molar-refractivity contribution in [2.24, 2.45) is 0 Å². The highest BCUT2D eigenvalue weighted by atomic mass is 16.5. The molecule has 9 heteroatoms. The molecule has 2 atom stereocenters. The van der Waals surface area contributed by atoms with E-state index in [4.69, 9.17) is 9.84 Å². The average molecular weight is 444 g/mol. The number of ether oxygens (including phenoxy) is 1. The van der Waals surface area contributed by atoms with Crippen LogP contribution in [0, 0.1) is 0 Å². The number of phenolic OH excluding ortho intramolecular Hbond substituents is 1. The molecule has 0 radical (unpaired) electrons. The van der Waals surface area contributed by atoms with Crippen molar-refractivity contribution in [2.45, 2.75) is 37.8 Å². The molecule has 1 amide bonds. The minimum atomic E-state index is -1.20. The Hall–Kier alpha value is -3.59. The molecule has 0 aromatic heterocycles. The third-order valence-electron chi connectivity index (χ3n) is 4.90. The number of aromatic hydroxyl groups is 1. The summed E-state index contributed by atoms with van der Waals surface area (Å²) in [6.45, 7) is 0.299. The Balaban J connectivity index is 1.93. The first-order chi connectivity index (χ1) is 15.3. The smallest absolute Gasteiger partial charge is 0.326 e. The van der Waals surface area contributed by atoms with E-state index in [1.54, 1.807) is 42.5 Å². The number of carboxylic acid groups (broad SMARTS) is 2. The molecule has 0 unspecified atom stereocenters. The lowest BCUT2D eigenvalue weighted by molar-refractivity contribution is -0.143. The second-order valence-electron chi connectivity index (χ2n) is 7.29. The standard InChI is InChI=1S/C23H28N2O7/c1-32-17-10-9-16(20(26)13-17)8-5-11-24-18(14-21(27)28)22(29)25-19(23(30)31)12-15-6-3-2-4-7-15/h2-4,6-7,9-10,13,18-19,24,26H,5,8,11-12,14H2,1H3,(H,25,29)(H,27,28)(H,30,31)/t18-,19-/m0/s1. The number of aryl methyl sites for hydroxylation is 1. The molecule has 0 saturated carbocycles. The third-order valence-corrected chi connectivity index (χ3v) is 4.90. The number of methoxy groups -OCH3 is 1. The summed E-state index contributed by atoms with van der Waals surface area (Å²) in [5, 5.41) is 33.9. The Morgan fingerprint density at radius 1 is 1.03 bits per heavy atom. The largest absolute Gasteiger partial charge is 0.508 e. The van der Waals surface area contributed by atoms with Crippen molar-refractivity contribution in [3.63, 3.8) is 0 Å². The first kappa shape index (κ1) is 24.7. The van der Waals surface area contributed by atoms with Crippen LogP contribution in [0.1, 0.15) is 24.0 Å². The highest BCUT2D eigenvalue weighted by molar-refractivity contribution is 5.89. The van der Waals surface area contributed by atoms with Gasteiger partial charge in [0.1, 0.15) is 17.5 Å². The summed E-state index contributed by atoms with van der Waals surface area (Å²) < 4.78 is 5.04. The van der Waals surface area contributed by atoms with Gasteiger partial charge in [-0.25, -0.2) is 4.79 Å². The molecule has 2 aromatic rings. The molecule has 32 heavy (non-hydrogen) atoms. The second-order valence-corrected chi connectivity index (χ2v) is 7.29. The number of nitrogens with one attached hydrogen (secondary N) is 2. The summed E-state index contributed by atoms with van der Waals surface area (Å²) in [7, 11) is 1.50. The van der Waals surface area contributed by atoms with Crippen LogP contribution in [-0.2, 0) is 27.2 Å². The SMILES string of the molecule is COc1ccc(CCCN[C@@H](CC(=O)O)C(=O)N[C@@H](Cc2ccccc2)C(=O)O)c(O)c1. The molecule has 0 bridgehead atoms. The van der Waals surface area contributed by atoms with Crippen LogP contribution in [-0.4, -0.2) is 58.9 Å². The van der Waals surface area contributed by atoms with E-state index in [-0.39, 0.29) is 12.2 Å². The van der Waals surface area contributed by atoms with Gasteiger partial charge in [-0.1, -0.05) is 36.4 Å². The minimum Gasteiger partial charge on any atom is -0.508 e. The Bertz CT molecular complexity index is 918. The number of hydrogen-bond donors (Lipinski definition) is 5. The zero-order valence-electron chi connectivity index (χ0n) is 17.8.